The van der Waals surface area contributed by atoms with Crippen LogP contribution in [-0.2, 0) is 21.2 Å². The van der Waals surface area contributed by atoms with Crippen LogP contribution in [0.15, 0.2) is 45.8 Å². The summed E-state index contributed by atoms with van der Waals surface area (Å²) in [6.07, 6.45) is 3.71. The minimum absolute atomic E-state index is 0.0585. The topological polar surface area (TPSA) is 66.5 Å². The van der Waals surface area contributed by atoms with Gasteiger partial charge in [0.2, 0.25) is 5.91 Å². The summed E-state index contributed by atoms with van der Waals surface area (Å²) >= 11 is 3.42. The maximum atomic E-state index is 12.9. The molecule has 0 saturated heterocycles. The van der Waals surface area contributed by atoms with Gasteiger partial charge in [-0.3, -0.25) is 9.52 Å². The zero-order valence-electron chi connectivity index (χ0n) is 15.9. The van der Waals surface area contributed by atoms with Crippen LogP contribution in [-0.4, -0.2) is 20.4 Å². The van der Waals surface area contributed by atoms with Gasteiger partial charge < -0.3 is 4.90 Å². The van der Waals surface area contributed by atoms with Gasteiger partial charge in [-0.2, -0.15) is 0 Å². The molecule has 1 N–H and O–H groups in total. The summed E-state index contributed by atoms with van der Waals surface area (Å²) in [7, 11) is -3.70. The molecule has 0 spiro atoms. The Morgan fingerprint density at radius 3 is 2.57 bits per heavy atom. The lowest BCUT2D eigenvalue weighted by Gasteiger charge is -2.32. The zero-order chi connectivity index (χ0) is 20.1. The highest BCUT2D eigenvalue weighted by atomic mass is 79.9. The zero-order valence-corrected chi connectivity index (χ0v) is 18.3. The molecule has 148 valence electrons. The molecular formula is C21H23BrN2O3S. The number of hydrogen-bond acceptors (Lipinski definition) is 3. The number of sulfonamides is 1. The smallest absolute Gasteiger partial charge is 0.261 e. The first-order chi connectivity index (χ1) is 13.3. The first-order valence-corrected chi connectivity index (χ1v) is 11.8. The molecule has 1 atom stereocenters. The summed E-state index contributed by atoms with van der Waals surface area (Å²) in [5.74, 6) is 0.302. The van der Waals surface area contributed by atoms with Gasteiger partial charge >= 0.3 is 0 Å². The molecule has 1 unspecified atom stereocenters. The van der Waals surface area contributed by atoms with Gasteiger partial charge in [0.1, 0.15) is 0 Å². The Kier molecular flexibility index (Phi) is 5.00. The Balaban J connectivity index is 1.61. The molecule has 1 aliphatic heterocycles. The van der Waals surface area contributed by atoms with Crippen molar-refractivity contribution < 1.29 is 13.2 Å². The van der Waals surface area contributed by atoms with E-state index in [-0.39, 0.29) is 22.8 Å². The Morgan fingerprint density at radius 1 is 1.18 bits per heavy atom. The van der Waals surface area contributed by atoms with Crippen LogP contribution in [0.2, 0.25) is 0 Å². The van der Waals surface area contributed by atoms with E-state index in [0.29, 0.717) is 12.1 Å². The average molecular weight is 463 g/mol. The number of carbonyl (C=O) groups excluding carboxylic acids is 1. The molecular weight excluding hydrogens is 440 g/mol. The number of nitrogens with zero attached hydrogens (tertiary/aromatic N) is 1. The molecule has 28 heavy (non-hydrogen) atoms. The Bertz CT molecular complexity index is 1050. The van der Waals surface area contributed by atoms with Crippen molar-refractivity contribution in [2.75, 3.05) is 9.62 Å². The second-order valence-electron chi connectivity index (χ2n) is 7.75. The fourth-order valence-corrected chi connectivity index (χ4v) is 5.23. The first kappa shape index (κ1) is 19.5. The molecule has 0 radical (unpaired) electrons. The molecule has 1 heterocycles. The van der Waals surface area contributed by atoms with Crippen LogP contribution in [0.5, 0.6) is 0 Å². The predicted molar refractivity (Wildman–Crippen MR) is 114 cm³/mol. The van der Waals surface area contributed by atoms with Gasteiger partial charge in [-0.1, -0.05) is 22.4 Å². The minimum Gasteiger partial charge on any atom is -0.309 e. The minimum atomic E-state index is -3.70. The van der Waals surface area contributed by atoms with E-state index in [9.17, 15) is 13.2 Å². The van der Waals surface area contributed by atoms with E-state index < -0.39 is 10.0 Å². The van der Waals surface area contributed by atoms with Gasteiger partial charge in [0, 0.05) is 27.8 Å². The lowest BCUT2D eigenvalue weighted by molar-refractivity contribution is -0.125. The summed E-state index contributed by atoms with van der Waals surface area (Å²) in [5.41, 5.74) is 3.24. The van der Waals surface area contributed by atoms with Crippen LogP contribution in [0.1, 0.15) is 37.3 Å². The van der Waals surface area contributed by atoms with Crippen LogP contribution in [0.25, 0.3) is 0 Å². The van der Waals surface area contributed by atoms with E-state index in [0.717, 1.165) is 40.5 Å². The van der Waals surface area contributed by atoms with E-state index in [1.165, 1.54) is 0 Å². The number of halogens is 1. The molecule has 0 bridgehead atoms. The van der Waals surface area contributed by atoms with Crippen molar-refractivity contribution in [2.24, 2.45) is 5.92 Å². The first-order valence-electron chi connectivity index (χ1n) is 9.51. The number of aryl methyl sites for hydroxylation is 1. The van der Waals surface area contributed by atoms with Gasteiger partial charge in [-0.05, 0) is 80.6 Å². The fraction of sp³-hybridized carbons (Fsp3) is 0.381. The monoisotopic (exact) mass is 462 g/mol. The third-order valence-corrected chi connectivity index (χ3v) is 7.95. The summed E-state index contributed by atoms with van der Waals surface area (Å²) in [6.45, 7) is 3.93. The van der Waals surface area contributed by atoms with E-state index >= 15 is 0 Å². The van der Waals surface area contributed by atoms with Crippen LogP contribution >= 0.6 is 15.9 Å². The highest BCUT2D eigenvalue weighted by Gasteiger charge is 2.37. The lowest BCUT2D eigenvalue weighted by Crippen LogP contribution is -2.42. The van der Waals surface area contributed by atoms with Crippen molar-refractivity contribution in [2.45, 2.75) is 50.5 Å². The molecule has 7 heteroatoms. The highest BCUT2D eigenvalue weighted by Crippen LogP contribution is 2.38. The number of amides is 1. The fourth-order valence-electron chi connectivity index (χ4n) is 3.88. The van der Waals surface area contributed by atoms with Crippen molar-refractivity contribution in [1.29, 1.82) is 0 Å². The van der Waals surface area contributed by atoms with Crippen LogP contribution in [0.4, 0.5) is 11.4 Å². The molecule has 1 fully saturated rings. The maximum absolute atomic E-state index is 12.9. The predicted octanol–water partition coefficient (Wildman–Crippen LogP) is 4.64. The third-order valence-electron chi connectivity index (χ3n) is 5.68. The SMILES string of the molecule is Cc1cc(NS(=O)(=O)c2ccc3c(c2)CC(C)N3C(=O)C2CCC2)ccc1Br. The lowest BCUT2D eigenvalue weighted by atomic mass is 9.84. The number of fused-ring (bicyclic) bond motifs is 1. The molecule has 2 aliphatic rings. The summed E-state index contributed by atoms with van der Waals surface area (Å²) in [4.78, 5) is 14.9. The number of carbonyl (C=O) groups is 1. The second-order valence-corrected chi connectivity index (χ2v) is 10.3. The summed E-state index contributed by atoms with van der Waals surface area (Å²) < 4.78 is 29.3. The standard InChI is InChI=1S/C21H23BrN2O3S/c1-13-10-17(6-8-19(13)22)23-28(26,27)18-7-9-20-16(12-18)11-14(2)24(20)21(25)15-4-3-5-15/h6-10,12,14-15,23H,3-5,11H2,1-2H3. The van der Waals surface area contributed by atoms with Crippen molar-refractivity contribution >= 4 is 43.2 Å². The molecule has 1 aliphatic carbocycles. The van der Waals surface area contributed by atoms with Gasteiger partial charge in [-0.15, -0.1) is 0 Å². The highest BCUT2D eigenvalue weighted by molar-refractivity contribution is 9.10. The van der Waals surface area contributed by atoms with Gasteiger partial charge in [0.15, 0.2) is 0 Å². The number of benzene rings is 2. The van der Waals surface area contributed by atoms with Gasteiger partial charge in [0.25, 0.3) is 10.0 Å². The summed E-state index contributed by atoms with van der Waals surface area (Å²) in [6, 6.07) is 10.5. The third kappa shape index (κ3) is 3.46. The molecule has 1 saturated carbocycles. The summed E-state index contributed by atoms with van der Waals surface area (Å²) in [5, 5.41) is 0. The van der Waals surface area contributed by atoms with Crippen molar-refractivity contribution in [1.82, 2.24) is 0 Å². The molecule has 0 aromatic heterocycles. The Morgan fingerprint density at radius 2 is 1.93 bits per heavy atom. The van der Waals surface area contributed by atoms with E-state index in [1.54, 1.807) is 30.3 Å². The van der Waals surface area contributed by atoms with Gasteiger partial charge in [-0.25, -0.2) is 8.42 Å². The van der Waals surface area contributed by atoms with Crippen LogP contribution < -0.4 is 9.62 Å². The van der Waals surface area contributed by atoms with Gasteiger partial charge in [0.05, 0.1) is 4.90 Å². The maximum Gasteiger partial charge on any atom is 0.261 e. The molecule has 5 nitrogen and oxygen atoms in total. The van der Waals surface area contributed by atoms with E-state index in [1.807, 2.05) is 24.8 Å². The number of nitrogens with one attached hydrogen (secondary N) is 1. The number of rotatable bonds is 4. The van der Waals surface area contributed by atoms with Crippen molar-refractivity contribution in [3.63, 3.8) is 0 Å². The van der Waals surface area contributed by atoms with Crippen LogP contribution in [0.3, 0.4) is 0 Å². The average Bonchev–Trinajstić information content (AvgIpc) is 2.91. The molecule has 4 rings (SSSR count). The Hall–Kier alpha value is -1.86. The van der Waals surface area contributed by atoms with E-state index in [4.69, 9.17) is 0 Å². The Labute approximate surface area is 174 Å². The molecule has 2 aromatic carbocycles. The largest absolute Gasteiger partial charge is 0.309 e. The molecule has 2 aromatic rings. The number of anilines is 2. The van der Waals surface area contributed by atoms with Crippen molar-refractivity contribution in [3.05, 3.63) is 52.0 Å². The van der Waals surface area contributed by atoms with Crippen LogP contribution in [0, 0.1) is 12.8 Å². The normalized spacial score (nSPS) is 19.2. The van der Waals surface area contributed by atoms with Crippen molar-refractivity contribution in [3.8, 4) is 0 Å². The number of hydrogen-bond donors (Lipinski definition) is 1. The molecule has 1 amide bonds. The quantitative estimate of drug-likeness (QED) is 0.719. The van der Waals surface area contributed by atoms with E-state index in [2.05, 4.69) is 20.7 Å². The second kappa shape index (κ2) is 7.19.